The number of halogens is 4. The van der Waals surface area contributed by atoms with E-state index in [2.05, 4.69) is 0 Å². The summed E-state index contributed by atoms with van der Waals surface area (Å²) in [4.78, 5) is 0. The minimum atomic E-state index is -6.00. The Morgan fingerprint density at radius 3 is 1.00 bits per heavy atom. The van der Waals surface area contributed by atoms with E-state index in [1.807, 2.05) is 0 Å². The van der Waals surface area contributed by atoms with Gasteiger partial charge in [0.25, 0.3) is 0 Å². The summed E-state index contributed by atoms with van der Waals surface area (Å²) in [7, 11) is -6.00. The monoisotopic (exact) mass is 143 g/mol. The van der Waals surface area contributed by atoms with E-state index in [-0.39, 0.29) is 18.5 Å². The molecule has 0 aliphatic heterocycles. The Kier molecular flexibility index (Phi) is 3.95. The molecule has 0 aromatic carbocycles. The van der Waals surface area contributed by atoms with E-state index >= 15 is 0 Å². The molecule has 0 rings (SSSR count). The SMILES string of the molecule is F[B-](F)(F)F.[H+].[Mn]. The van der Waals surface area contributed by atoms with Crippen LogP contribution in [0.25, 0.3) is 0 Å². The van der Waals surface area contributed by atoms with Crippen LogP contribution < -0.4 is 0 Å². The summed E-state index contributed by atoms with van der Waals surface area (Å²) >= 11 is 0. The van der Waals surface area contributed by atoms with Crippen LogP contribution in [0, 0.1) is 0 Å². The Bertz CT molecular complexity index is 27.2. The molecule has 0 heterocycles. The molecule has 0 nitrogen and oxygen atoms in total. The molecule has 39 valence electrons. The predicted octanol–water partition coefficient (Wildman–Crippen LogP) is 1.41. The van der Waals surface area contributed by atoms with Crippen molar-refractivity contribution in [2.45, 2.75) is 0 Å². The van der Waals surface area contributed by atoms with Gasteiger partial charge >= 0.3 is 8.68 Å². The fourth-order valence-electron chi connectivity index (χ4n) is 0. The van der Waals surface area contributed by atoms with E-state index in [1.165, 1.54) is 0 Å². The fourth-order valence-corrected chi connectivity index (χ4v) is 0. The van der Waals surface area contributed by atoms with Crippen LogP contribution in [0.3, 0.4) is 0 Å². The number of hydrogen-bond acceptors (Lipinski definition) is 0. The Morgan fingerprint density at radius 2 is 1.00 bits per heavy atom. The van der Waals surface area contributed by atoms with Crippen molar-refractivity contribution in [1.82, 2.24) is 0 Å². The van der Waals surface area contributed by atoms with Crippen LogP contribution in [-0.2, 0) is 17.1 Å². The van der Waals surface area contributed by atoms with E-state index < -0.39 is 7.25 Å². The minimum absolute atomic E-state index is 0. The molecule has 0 aliphatic rings. The molecule has 0 aliphatic carbocycles. The standard InChI is InChI=1S/BF4.Mn/c2-1(3,4)5;/q-1;/p+1. The second-order valence-electron chi connectivity index (χ2n) is 0.495. The van der Waals surface area contributed by atoms with Gasteiger partial charge in [-0.15, -0.1) is 0 Å². The molecule has 0 amide bonds. The summed E-state index contributed by atoms with van der Waals surface area (Å²) in [6.07, 6.45) is 0. The second kappa shape index (κ2) is 2.47. The third-order valence-corrected chi connectivity index (χ3v) is 0. The molecule has 0 aromatic rings. The minimum Gasteiger partial charge on any atom is -0.418 e. The van der Waals surface area contributed by atoms with Crippen molar-refractivity contribution in [3.05, 3.63) is 0 Å². The van der Waals surface area contributed by atoms with Crippen molar-refractivity contribution in [3.8, 4) is 0 Å². The molecule has 0 atom stereocenters. The summed E-state index contributed by atoms with van der Waals surface area (Å²) in [5, 5.41) is 0. The molecule has 1 radical (unpaired) electrons. The zero-order valence-corrected chi connectivity index (χ0v) is 3.65. The number of hydrogen-bond donors (Lipinski definition) is 0. The van der Waals surface area contributed by atoms with Crippen molar-refractivity contribution < 1.29 is 35.8 Å². The summed E-state index contributed by atoms with van der Waals surface area (Å²) in [6, 6.07) is 0. The van der Waals surface area contributed by atoms with E-state index in [0.29, 0.717) is 0 Å². The first-order chi connectivity index (χ1) is 2.00. The molecule has 0 bridgehead atoms. The Morgan fingerprint density at radius 1 is 1.00 bits per heavy atom. The van der Waals surface area contributed by atoms with Gasteiger partial charge in [-0.3, -0.25) is 0 Å². The summed E-state index contributed by atoms with van der Waals surface area (Å²) in [6.45, 7) is 0. The molecule has 0 spiro atoms. The first kappa shape index (κ1) is 9.57. The van der Waals surface area contributed by atoms with Gasteiger partial charge in [-0.25, -0.2) is 0 Å². The quantitative estimate of drug-likeness (QED) is 0.355. The predicted molar refractivity (Wildman–Crippen MR) is 11.3 cm³/mol. The Balaban J connectivity index is -0.0000000800. The van der Waals surface area contributed by atoms with Crippen molar-refractivity contribution in [3.63, 3.8) is 0 Å². The topological polar surface area (TPSA) is 0 Å². The second-order valence-corrected chi connectivity index (χ2v) is 0.495. The van der Waals surface area contributed by atoms with Gasteiger partial charge in [0.1, 0.15) is 0 Å². The third kappa shape index (κ3) is 507. The first-order valence-corrected chi connectivity index (χ1v) is 0.873. The van der Waals surface area contributed by atoms with E-state index in [9.17, 15) is 17.3 Å². The number of rotatable bonds is 0. The van der Waals surface area contributed by atoms with E-state index in [1.54, 1.807) is 0 Å². The molecular formula is HBF4Mn. The van der Waals surface area contributed by atoms with Crippen LogP contribution in [0.1, 0.15) is 1.43 Å². The third-order valence-electron chi connectivity index (χ3n) is 0. The van der Waals surface area contributed by atoms with Gasteiger partial charge in [0.2, 0.25) is 0 Å². The Labute approximate surface area is 44.0 Å². The summed E-state index contributed by atoms with van der Waals surface area (Å²) < 4.78 is 39.0. The maximum atomic E-state index is 9.75. The molecule has 0 aromatic heterocycles. The largest absolute Gasteiger partial charge is 1.00 e. The van der Waals surface area contributed by atoms with Crippen molar-refractivity contribution in [2.75, 3.05) is 0 Å². The Hall–Kier alpha value is 0.304. The zero-order valence-electron chi connectivity index (χ0n) is 3.47. The van der Waals surface area contributed by atoms with Gasteiger partial charge in [-0.2, -0.15) is 0 Å². The molecular weight excluding hydrogens is 142 g/mol. The average molecular weight is 143 g/mol. The molecule has 0 saturated carbocycles. The maximum Gasteiger partial charge on any atom is 1.00 e. The van der Waals surface area contributed by atoms with Gasteiger partial charge in [0.15, 0.2) is 0 Å². The molecule has 0 saturated heterocycles. The molecule has 6 heteroatoms. The average Bonchev–Trinajstić information content (AvgIpc) is 0.722. The van der Waals surface area contributed by atoms with Crippen molar-refractivity contribution in [2.24, 2.45) is 0 Å². The van der Waals surface area contributed by atoms with Gasteiger partial charge in [0, 0.05) is 17.1 Å². The van der Waals surface area contributed by atoms with Crippen molar-refractivity contribution in [1.29, 1.82) is 0 Å². The molecule has 0 fully saturated rings. The first-order valence-electron chi connectivity index (χ1n) is 0.873. The van der Waals surface area contributed by atoms with Gasteiger partial charge in [-0.1, -0.05) is 0 Å². The maximum absolute atomic E-state index is 9.75. The smallest absolute Gasteiger partial charge is 0.418 e. The summed E-state index contributed by atoms with van der Waals surface area (Å²) in [5.41, 5.74) is 0. The van der Waals surface area contributed by atoms with Gasteiger partial charge < -0.3 is 17.3 Å². The zero-order chi connectivity index (χ0) is 4.50. The molecule has 6 heavy (non-hydrogen) atoms. The molecule has 0 N–H and O–H groups in total. The summed E-state index contributed by atoms with van der Waals surface area (Å²) in [5.74, 6) is 0. The van der Waals surface area contributed by atoms with Crippen LogP contribution in [0.5, 0.6) is 0 Å². The van der Waals surface area contributed by atoms with Crippen LogP contribution in [0.2, 0.25) is 0 Å². The van der Waals surface area contributed by atoms with Gasteiger partial charge in [0.05, 0.1) is 0 Å². The van der Waals surface area contributed by atoms with E-state index in [0.717, 1.165) is 0 Å². The van der Waals surface area contributed by atoms with Gasteiger partial charge in [-0.05, 0) is 0 Å². The van der Waals surface area contributed by atoms with Crippen molar-refractivity contribution >= 4 is 7.25 Å². The van der Waals surface area contributed by atoms with E-state index in [4.69, 9.17) is 0 Å². The van der Waals surface area contributed by atoms with Crippen LogP contribution in [-0.4, -0.2) is 7.25 Å². The fraction of sp³-hybridized carbons (Fsp3) is 0. The molecule has 0 unspecified atom stereocenters. The normalized spacial score (nSPS) is 10.0. The van der Waals surface area contributed by atoms with Crippen LogP contribution in [0.15, 0.2) is 0 Å². The van der Waals surface area contributed by atoms with Crippen LogP contribution in [0.4, 0.5) is 17.3 Å². The van der Waals surface area contributed by atoms with Crippen LogP contribution >= 0.6 is 0 Å².